The lowest BCUT2D eigenvalue weighted by atomic mass is 9.79. The van der Waals surface area contributed by atoms with Gasteiger partial charge in [-0.15, -0.1) is 0 Å². The molecule has 5 nitrogen and oxygen atoms in total. The van der Waals surface area contributed by atoms with Gasteiger partial charge in [-0.05, 0) is 26.7 Å². The summed E-state index contributed by atoms with van der Waals surface area (Å²) in [5, 5.41) is 20.7. The first-order valence-corrected chi connectivity index (χ1v) is 7.24. The highest BCUT2D eigenvalue weighted by atomic mass is 16.7. The molecule has 20 heavy (non-hydrogen) atoms. The van der Waals surface area contributed by atoms with Crippen LogP contribution in [0, 0.1) is 11.8 Å². The number of carbonyl (C=O) groups is 1. The number of fused-ring (bicyclic) bond motifs is 3. The largest absolute Gasteiger partial charge is 0.459 e. The second-order valence-electron chi connectivity index (χ2n) is 6.56. The van der Waals surface area contributed by atoms with Gasteiger partial charge in [-0.3, -0.25) is 4.79 Å². The summed E-state index contributed by atoms with van der Waals surface area (Å²) in [5.41, 5.74) is 0.339. The molecule has 2 heterocycles. The minimum absolute atomic E-state index is 0.275. The number of carbonyl (C=O) groups excluding carboxylic acids is 1. The van der Waals surface area contributed by atoms with Crippen LogP contribution < -0.4 is 0 Å². The number of hydrogen-bond donors (Lipinski definition) is 2. The van der Waals surface area contributed by atoms with Crippen LogP contribution in [-0.4, -0.2) is 46.2 Å². The Morgan fingerprint density at radius 3 is 2.80 bits per heavy atom. The molecule has 0 aromatic heterocycles. The van der Waals surface area contributed by atoms with Gasteiger partial charge in [-0.25, -0.2) is 0 Å². The summed E-state index contributed by atoms with van der Waals surface area (Å²) in [6.45, 7) is 5.56. The third-order valence-corrected chi connectivity index (χ3v) is 5.09. The number of rotatable bonds is 0. The van der Waals surface area contributed by atoms with Crippen LogP contribution in [0.4, 0.5) is 0 Å². The van der Waals surface area contributed by atoms with Gasteiger partial charge in [-0.1, -0.05) is 18.6 Å². The zero-order valence-electron chi connectivity index (χ0n) is 12.1. The third kappa shape index (κ3) is 2.00. The van der Waals surface area contributed by atoms with Crippen LogP contribution >= 0.6 is 0 Å². The van der Waals surface area contributed by atoms with Gasteiger partial charge in [0.1, 0.15) is 17.8 Å². The zero-order valence-corrected chi connectivity index (χ0v) is 12.1. The fourth-order valence-corrected chi connectivity index (χ4v) is 3.57. The van der Waals surface area contributed by atoms with Crippen molar-refractivity contribution in [2.45, 2.75) is 63.6 Å². The van der Waals surface area contributed by atoms with Crippen LogP contribution in [0.3, 0.4) is 0 Å². The normalized spacial score (nSPS) is 54.2. The van der Waals surface area contributed by atoms with Gasteiger partial charge in [0, 0.05) is 5.92 Å². The molecule has 2 N–H and O–H groups in total. The summed E-state index contributed by atoms with van der Waals surface area (Å²) < 4.78 is 11.1. The van der Waals surface area contributed by atoms with E-state index in [4.69, 9.17) is 9.47 Å². The van der Waals surface area contributed by atoms with Crippen LogP contribution in [0.25, 0.3) is 0 Å². The SMILES string of the molecule is C/C1=C\C[C@H](O)[C@@]2(C)O[C@@H]2[C@H]2OC(=O)[C@@H](C)[C@@H]2[C@H](O)C1. The summed E-state index contributed by atoms with van der Waals surface area (Å²) in [7, 11) is 0. The van der Waals surface area contributed by atoms with Crippen molar-refractivity contribution >= 4 is 5.97 Å². The van der Waals surface area contributed by atoms with Crippen LogP contribution in [0.1, 0.15) is 33.6 Å². The van der Waals surface area contributed by atoms with Crippen molar-refractivity contribution in [2.75, 3.05) is 0 Å². The minimum Gasteiger partial charge on any atom is -0.459 e. The summed E-state index contributed by atoms with van der Waals surface area (Å²) in [6.07, 6.45) is 0.913. The summed E-state index contributed by atoms with van der Waals surface area (Å²) in [4.78, 5) is 11.8. The Hall–Kier alpha value is -0.910. The number of aliphatic hydroxyl groups is 2. The Morgan fingerprint density at radius 2 is 2.10 bits per heavy atom. The Balaban J connectivity index is 1.95. The van der Waals surface area contributed by atoms with Gasteiger partial charge in [0.25, 0.3) is 0 Å². The van der Waals surface area contributed by atoms with E-state index in [1.807, 2.05) is 19.9 Å². The fourth-order valence-electron chi connectivity index (χ4n) is 3.57. The molecule has 1 aliphatic carbocycles. The van der Waals surface area contributed by atoms with E-state index < -0.39 is 23.9 Å². The van der Waals surface area contributed by atoms with Crippen LogP contribution in [0.2, 0.25) is 0 Å². The molecule has 0 amide bonds. The minimum atomic E-state index is -0.679. The zero-order chi connectivity index (χ0) is 14.7. The van der Waals surface area contributed by atoms with E-state index in [1.54, 1.807) is 6.92 Å². The predicted molar refractivity (Wildman–Crippen MR) is 70.8 cm³/mol. The molecule has 3 rings (SSSR count). The molecule has 5 heteroatoms. The van der Waals surface area contributed by atoms with Crippen molar-refractivity contribution in [1.29, 1.82) is 0 Å². The number of esters is 1. The Bertz CT molecular complexity index is 459. The van der Waals surface area contributed by atoms with E-state index in [0.717, 1.165) is 5.57 Å². The second kappa shape index (κ2) is 4.55. The first-order valence-electron chi connectivity index (χ1n) is 7.24. The quantitative estimate of drug-likeness (QED) is 0.390. The first kappa shape index (κ1) is 14.0. The molecule has 3 aliphatic rings. The molecule has 0 unspecified atom stereocenters. The predicted octanol–water partition coefficient (Wildman–Crippen LogP) is 0.783. The van der Waals surface area contributed by atoms with Crippen LogP contribution in [0.15, 0.2) is 11.6 Å². The lowest BCUT2D eigenvalue weighted by Crippen LogP contribution is -2.40. The van der Waals surface area contributed by atoms with E-state index in [0.29, 0.717) is 12.8 Å². The van der Waals surface area contributed by atoms with Crippen LogP contribution in [-0.2, 0) is 14.3 Å². The van der Waals surface area contributed by atoms with Crippen molar-refractivity contribution in [1.82, 2.24) is 0 Å². The molecule has 2 fully saturated rings. The van der Waals surface area contributed by atoms with E-state index in [2.05, 4.69) is 0 Å². The maximum absolute atomic E-state index is 11.8. The van der Waals surface area contributed by atoms with E-state index >= 15 is 0 Å². The van der Waals surface area contributed by atoms with Crippen molar-refractivity contribution in [2.24, 2.45) is 11.8 Å². The van der Waals surface area contributed by atoms with Gasteiger partial charge in [-0.2, -0.15) is 0 Å². The fraction of sp³-hybridized carbons (Fsp3) is 0.800. The molecule has 0 aromatic rings. The topological polar surface area (TPSA) is 79.3 Å². The number of hydrogen-bond acceptors (Lipinski definition) is 5. The monoisotopic (exact) mass is 282 g/mol. The van der Waals surface area contributed by atoms with Gasteiger partial charge in [0.2, 0.25) is 0 Å². The number of aliphatic hydroxyl groups excluding tert-OH is 2. The third-order valence-electron chi connectivity index (χ3n) is 5.09. The number of ether oxygens (including phenoxy) is 2. The van der Waals surface area contributed by atoms with Gasteiger partial charge in [0.05, 0.1) is 18.1 Å². The summed E-state index contributed by atoms with van der Waals surface area (Å²) >= 11 is 0. The highest BCUT2D eigenvalue weighted by Gasteiger charge is 2.66. The summed E-state index contributed by atoms with van der Waals surface area (Å²) in [5.74, 6) is -0.900. The van der Waals surface area contributed by atoms with Crippen molar-refractivity contribution in [3.8, 4) is 0 Å². The molecular formula is C15H22O5. The van der Waals surface area contributed by atoms with Crippen molar-refractivity contribution in [3.63, 3.8) is 0 Å². The molecule has 112 valence electrons. The Labute approximate surface area is 118 Å². The van der Waals surface area contributed by atoms with Crippen molar-refractivity contribution in [3.05, 3.63) is 11.6 Å². The van der Waals surface area contributed by atoms with E-state index in [9.17, 15) is 15.0 Å². The standard InChI is InChI=1S/C15H22O5/c1-7-4-5-10(17)15(3)13(20-15)12-11(9(16)6-7)8(2)14(18)19-12/h4,8-13,16-17H,5-6H2,1-3H3/b7-4+/t8-,9+,10-,11+,12-,13+,15+/m0/s1. The Morgan fingerprint density at radius 1 is 1.40 bits per heavy atom. The second-order valence-corrected chi connectivity index (χ2v) is 6.56. The maximum Gasteiger partial charge on any atom is 0.309 e. The molecule has 0 aromatic carbocycles. The maximum atomic E-state index is 11.8. The Kier molecular flexibility index (Phi) is 3.19. The molecule has 0 saturated carbocycles. The number of epoxide rings is 1. The van der Waals surface area contributed by atoms with Crippen molar-refractivity contribution < 1.29 is 24.5 Å². The van der Waals surface area contributed by atoms with E-state index in [-0.39, 0.29) is 23.9 Å². The van der Waals surface area contributed by atoms with E-state index in [1.165, 1.54) is 0 Å². The average Bonchev–Trinajstić information content (AvgIpc) is 2.98. The van der Waals surface area contributed by atoms with Crippen LogP contribution in [0.5, 0.6) is 0 Å². The molecule has 0 bridgehead atoms. The molecule has 2 aliphatic heterocycles. The molecule has 2 saturated heterocycles. The van der Waals surface area contributed by atoms with Gasteiger partial charge in [0.15, 0.2) is 0 Å². The first-order chi connectivity index (χ1) is 9.34. The molecule has 0 radical (unpaired) electrons. The molecular weight excluding hydrogens is 260 g/mol. The van der Waals surface area contributed by atoms with Gasteiger partial charge >= 0.3 is 5.97 Å². The highest BCUT2D eigenvalue weighted by Crippen LogP contribution is 2.50. The summed E-state index contributed by atoms with van der Waals surface area (Å²) in [6, 6.07) is 0. The molecule has 7 atom stereocenters. The smallest absolute Gasteiger partial charge is 0.309 e. The van der Waals surface area contributed by atoms with Gasteiger partial charge < -0.3 is 19.7 Å². The molecule has 0 spiro atoms. The average molecular weight is 282 g/mol. The lowest BCUT2D eigenvalue weighted by Gasteiger charge is -2.26. The lowest BCUT2D eigenvalue weighted by molar-refractivity contribution is -0.144. The highest BCUT2D eigenvalue weighted by molar-refractivity contribution is 5.75.